The lowest BCUT2D eigenvalue weighted by molar-refractivity contribution is -0.122. The molecule has 0 spiro atoms. The molecule has 0 aliphatic carbocycles. The molecular formula is C10H15N3O4. The number of hydrogen-bond donors (Lipinski definition) is 2. The Morgan fingerprint density at radius 1 is 1.59 bits per heavy atom. The summed E-state index contributed by atoms with van der Waals surface area (Å²) >= 11 is 0. The molecule has 7 heteroatoms. The van der Waals surface area contributed by atoms with Crippen molar-refractivity contribution in [1.82, 2.24) is 15.1 Å². The standard InChI is InChI=1S/C10H15N3O4/c1-7-8(10(15)16)5-13(12-7)6-9(14)11-3-4-17-2/h5H,3-4,6H2,1-2H3,(H,11,14)(H,15,16). The normalized spacial score (nSPS) is 10.2. The number of aromatic carboxylic acids is 1. The van der Waals surface area contributed by atoms with Crippen LogP contribution in [0.25, 0.3) is 0 Å². The van der Waals surface area contributed by atoms with Gasteiger partial charge in [-0.15, -0.1) is 0 Å². The summed E-state index contributed by atoms with van der Waals surface area (Å²) in [6.07, 6.45) is 1.34. The van der Waals surface area contributed by atoms with Crippen molar-refractivity contribution in [2.45, 2.75) is 13.5 Å². The van der Waals surface area contributed by atoms with Crippen LogP contribution >= 0.6 is 0 Å². The van der Waals surface area contributed by atoms with Crippen LogP contribution in [-0.2, 0) is 16.1 Å². The minimum absolute atomic E-state index is 0.00215. The Balaban J connectivity index is 2.54. The molecule has 0 fully saturated rings. The first kappa shape index (κ1) is 13.2. The minimum Gasteiger partial charge on any atom is -0.478 e. The van der Waals surface area contributed by atoms with E-state index in [0.717, 1.165) is 0 Å². The molecule has 0 aliphatic rings. The number of nitrogens with one attached hydrogen (secondary N) is 1. The monoisotopic (exact) mass is 241 g/mol. The van der Waals surface area contributed by atoms with Crippen LogP contribution in [0.2, 0.25) is 0 Å². The third kappa shape index (κ3) is 3.87. The molecule has 0 atom stereocenters. The van der Waals surface area contributed by atoms with Crippen molar-refractivity contribution in [3.05, 3.63) is 17.5 Å². The van der Waals surface area contributed by atoms with Crippen LogP contribution in [0.3, 0.4) is 0 Å². The molecule has 0 unspecified atom stereocenters. The molecule has 0 radical (unpaired) electrons. The summed E-state index contributed by atoms with van der Waals surface area (Å²) in [4.78, 5) is 22.2. The zero-order chi connectivity index (χ0) is 12.8. The highest BCUT2D eigenvalue weighted by molar-refractivity contribution is 5.88. The van der Waals surface area contributed by atoms with Crippen molar-refractivity contribution in [2.75, 3.05) is 20.3 Å². The summed E-state index contributed by atoms with van der Waals surface area (Å²) in [5, 5.41) is 15.4. The number of nitrogens with zero attached hydrogens (tertiary/aromatic N) is 2. The smallest absolute Gasteiger partial charge is 0.339 e. The number of carboxylic acids is 1. The van der Waals surface area contributed by atoms with Gasteiger partial charge in [0.1, 0.15) is 12.1 Å². The van der Waals surface area contributed by atoms with Crippen molar-refractivity contribution in [3.63, 3.8) is 0 Å². The van der Waals surface area contributed by atoms with Crippen LogP contribution < -0.4 is 5.32 Å². The quantitative estimate of drug-likeness (QED) is 0.664. The number of amides is 1. The van der Waals surface area contributed by atoms with Gasteiger partial charge in [-0.1, -0.05) is 0 Å². The summed E-state index contributed by atoms with van der Waals surface area (Å²) in [6.45, 7) is 2.44. The molecule has 7 nitrogen and oxygen atoms in total. The van der Waals surface area contributed by atoms with E-state index in [-0.39, 0.29) is 18.0 Å². The fraction of sp³-hybridized carbons (Fsp3) is 0.500. The second-order valence-electron chi connectivity index (χ2n) is 3.47. The number of aryl methyl sites for hydroxylation is 1. The molecule has 0 aromatic carbocycles. The first-order valence-electron chi connectivity index (χ1n) is 5.07. The molecule has 1 rings (SSSR count). The van der Waals surface area contributed by atoms with Gasteiger partial charge in [0.25, 0.3) is 0 Å². The lowest BCUT2D eigenvalue weighted by Crippen LogP contribution is -2.30. The lowest BCUT2D eigenvalue weighted by Gasteiger charge is -2.03. The number of rotatable bonds is 6. The Hall–Kier alpha value is -1.89. The molecule has 17 heavy (non-hydrogen) atoms. The minimum atomic E-state index is -1.05. The van der Waals surface area contributed by atoms with E-state index in [4.69, 9.17) is 9.84 Å². The zero-order valence-corrected chi connectivity index (χ0v) is 9.77. The van der Waals surface area contributed by atoms with Crippen LogP contribution in [0.1, 0.15) is 16.1 Å². The molecule has 0 saturated heterocycles. The second-order valence-corrected chi connectivity index (χ2v) is 3.47. The zero-order valence-electron chi connectivity index (χ0n) is 9.77. The van der Waals surface area contributed by atoms with E-state index in [9.17, 15) is 9.59 Å². The average Bonchev–Trinajstić information content (AvgIpc) is 2.60. The molecule has 0 aliphatic heterocycles. The maximum absolute atomic E-state index is 11.4. The molecule has 1 amide bonds. The number of hydrogen-bond acceptors (Lipinski definition) is 4. The molecule has 1 aromatic rings. The SMILES string of the molecule is COCCNC(=O)Cn1cc(C(=O)O)c(C)n1. The van der Waals surface area contributed by atoms with E-state index in [1.54, 1.807) is 14.0 Å². The molecule has 1 aromatic heterocycles. The van der Waals surface area contributed by atoms with Gasteiger partial charge in [0.05, 0.1) is 12.3 Å². The highest BCUT2D eigenvalue weighted by Crippen LogP contribution is 2.04. The number of carboxylic acid groups (broad SMARTS) is 1. The summed E-state index contributed by atoms with van der Waals surface area (Å²) in [7, 11) is 1.54. The molecular weight excluding hydrogens is 226 g/mol. The molecule has 0 bridgehead atoms. The van der Waals surface area contributed by atoms with Gasteiger partial charge in [0.15, 0.2) is 0 Å². The summed E-state index contributed by atoms with van der Waals surface area (Å²) in [6, 6.07) is 0. The predicted octanol–water partition coefficient (Wildman–Crippen LogP) is -0.348. The maximum Gasteiger partial charge on any atom is 0.339 e. The summed E-state index contributed by atoms with van der Waals surface area (Å²) in [5.74, 6) is -1.28. The van der Waals surface area contributed by atoms with Crippen LogP contribution in [0, 0.1) is 6.92 Å². The van der Waals surface area contributed by atoms with E-state index in [0.29, 0.717) is 18.8 Å². The van der Waals surface area contributed by atoms with Gasteiger partial charge >= 0.3 is 5.97 Å². The fourth-order valence-electron chi connectivity index (χ4n) is 1.30. The van der Waals surface area contributed by atoms with Gasteiger partial charge in [-0.2, -0.15) is 5.10 Å². The molecule has 0 saturated carbocycles. The topological polar surface area (TPSA) is 93.5 Å². The Bertz CT molecular complexity index is 414. The highest BCUT2D eigenvalue weighted by atomic mass is 16.5. The number of aromatic nitrogens is 2. The Labute approximate surface area is 98.4 Å². The van der Waals surface area contributed by atoms with Crippen LogP contribution in [-0.4, -0.2) is 47.0 Å². The van der Waals surface area contributed by atoms with E-state index in [2.05, 4.69) is 10.4 Å². The van der Waals surface area contributed by atoms with Gasteiger partial charge in [-0.05, 0) is 6.92 Å². The predicted molar refractivity (Wildman–Crippen MR) is 58.8 cm³/mol. The number of ether oxygens (including phenoxy) is 1. The van der Waals surface area contributed by atoms with Crippen molar-refractivity contribution in [3.8, 4) is 0 Å². The number of carbonyl (C=O) groups is 2. The van der Waals surface area contributed by atoms with Crippen LogP contribution in [0.5, 0.6) is 0 Å². The van der Waals surface area contributed by atoms with Gasteiger partial charge in [-0.25, -0.2) is 4.79 Å². The van der Waals surface area contributed by atoms with E-state index < -0.39 is 5.97 Å². The molecule has 1 heterocycles. The van der Waals surface area contributed by atoms with Crippen LogP contribution in [0.15, 0.2) is 6.20 Å². The Morgan fingerprint density at radius 3 is 2.82 bits per heavy atom. The Kier molecular flexibility index (Phi) is 4.65. The van der Waals surface area contributed by atoms with E-state index in [1.807, 2.05) is 0 Å². The van der Waals surface area contributed by atoms with Crippen molar-refractivity contribution in [1.29, 1.82) is 0 Å². The third-order valence-corrected chi connectivity index (χ3v) is 2.11. The van der Waals surface area contributed by atoms with Crippen molar-refractivity contribution < 1.29 is 19.4 Å². The fourth-order valence-corrected chi connectivity index (χ4v) is 1.30. The summed E-state index contributed by atoms with van der Waals surface area (Å²) in [5.41, 5.74) is 0.497. The van der Waals surface area contributed by atoms with Crippen LogP contribution in [0.4, 0.5) is 0 Å². The first-order chi connectivity index (χ1) is 8.04. The van der Waals surface area contributed by atoms with Gasteiger partial charge in [-0.3, -0.25) is 9.48 Å². The van der Waals surface area contributed by atoms with Crippen molar-refractivity contribution >= 4 is 11.9 Å². The Morgan fingerprint density at radius 2 is 2.29 bits per heavy atom. The summed E-state index contributed by atoms with van der Waals surface area (Å²) < 4.78 is 6.09. The maximum atomic E-state index is 11.4. The van der Waals surface area contributed by atoms with Gasteiger partial charge in [0.2, 0.25) is 5.91 Å². The largest absolute Gasteiger partial charge is 0.478 e. The van der Waals surface area contributed by atoms with Gasteiger partial charge in [0, 0.05) is 19.9 Å². The molecule has 2 N–H and O–H groups in total. The number of carbonyl (C=O) groups excluding carboxylic acids is 1. The van der Waals surface area contributed by atoms with Gasteiger partial charge < -0.3 is 15.2 Å². The third-order valence-electron chi connectivity index (χ3n) is 2.11. The lowest BCUT2D eigenvalue weighted by atomic mass is 10.3. The second kappa shape index (κ2) is 6.00. The van der Waals surface area contributed by atoms with E-state index in [1.165, 1.54) is 10.9 Å². The van der Waals surface area contributed by atoms with Crippen molar-refractivity contribution in [2.24, 2.45) is 0 Å². The first-order valence-corrected chi connectivity index (χ1v) is 5.07. The number of methoxy groups -OCH3 is 1. The average molecular weight is 241 g/mol. The van der Waals surface area contributed by atoms with E-state index >= 15 is 0 Å². The molecule has 94 valence electrons. The highest BCUT2D eigenvalue weighted by Gasteiger charge is 2.13.